The average molecular weight is 320 g/mol. The van der Waals surface area contributed by atoms with Crippen LogP contribution in [0.3, 0.4) is 0 Å². The van der Waals surface area contributed by atoms with Crippen molar-refractivity contribution >= 4 is 44.0 Å². The van der Waals surface area contributed by atoms with E-state index in [4.69, 9.17) is 4.74 Å². The van der Waals surface area contributed by atoms with E-state index < -0.39 is 0 Å². The number of rotatable bonds is 2. The van der Waals surface area contributed by atoms with Crippen molar-refractivity contribution in [2.45, 2.75) is 6.61 Å². The SMILES string of the molecule is COc1ccc(CO)c2c(I)csc12. The molecule has 0 aliphatic heterocycles. The van der Waals surface area contributed by atoms with Crippen LogP contribution in [0.1, 0.15) is 5.56 Å². The van der Waals surface area contributed by atoms with Crippen LogP contribution >= 0.6 is 33.9 Å². The molecule has 4 heteroatoms. The molecule has 0 bridgehead atoms. The zero-order chi connectivity index (χ0) is 10.1. The zero-order valence-corrected chi connectivity index (χ0v) is 10.6. The van der Waals surface area contributed by atoms with Crippen molar-refractivity contribution < 1.29 is 9.84 Å². The standard InChI is InChI=1S/C10H9IO2S/c1-13-8-3-2-6(4-12)9-7(11)5-14-10(8)9/h2-3,5,12H,4H2,1H3. The van der Waals surface area contributed by atoms with Gasteiger partial charge in [-0.2, -0.15) is 0 Å². The number of aliphatic hydroxyl groups excluding tert-OH is 1. The quantitative estimate of drug-likeness (QED) is 0.862. The van der Waals surface area contributed by atoms with Crippen LogP contribution in [0.4, 0.5) is 0 Å². The second kappa shape index (κ2) is 4.04. The van der Waals surface area contributed by atoms with Gasteiger partial charge in [-0.1, -0.05) is 6.07 Å². The molecule has 1 aromatic carbocycles. The monoisotopic (exact) mass is 320 g/mol. The Labute approximate surface area is 99.7 Å². The third-order valence-electron chi connectivity index (χ3n) is 2.12. The summed E-state index contributed by atoms with van der Waals surface area (Å²) < 4.78 is 7.55. The molecule has 1 aromatic heterocycles. The first-order chi connectivity index (χ1) is 6.77. The van der Waals surface area contributed by atoms with Crippen LogP contribution in [0, 0.1) is 3.57 Å². The summed E-state index contributed by atoms with van der Waals surface area (Å²) in [5.41, 5.74) is 0.964. The maximum Gasteiger partial charge on any atom is 0.136 e. The Morgan fingerprint density at radius 2 is 2.29 bits per heavy atom. The van der Waals surface area contributed by atoms with Crippen molar-refractivity contribution in [3.8, 4) is 5.75 Å². The highest BCUT2D eigenvalue weighted by Gasteiger charge is 2.10. The van der Waals surface area contributed by atoms with Crippen LogP contribution in [-0.2, 0) is 6.61 Å². The highest BCUT2D eigenvalue weighted by Crippen LogP contribution is 2.36. The molecule has 74 valence electrons. The van der Waals surface area contributed by atoms with E-state index in [-0.39, 0.29) is 6.61 Å². The number of fused-ring (bicyclic) bond motifs is 1. The van der Waals surface area contributed by atoms with E-state index in [1.165, 1.54) is 3.57 Å². The van der Waals surface area contributed by atoms with Crippen LogP contribution < -0.4 is 4.74 Å². The molecule has 0 aliphatic rings. The van der Waals surface area contributed by atoms with Crippen molar-refractivity contribution in [3.05, 3.63) is 26.6 Å². The summed E-state index contributed by atoms with van der Waals surface area (Å²) in [6.07, 6.45) is 0. The summed E-state index contributed by atoms with van der Waals surface area (Å²) in [5, 5.41) is 12.4. The van der Waals surface area contributed by atoms with Gasteiger partial charge in [0.15, 0.2) is 0 Å². The summed E-state index contributed by atoms with van der Waals surface area (Å²) in [6, 6.07) is 3.82. The van der Waals surface area contributed by atoms with Crippen LogP contribution in [0.5, 0.6) is 5.75 Å². The molecular formula is C10H9IO2S. The van der Waals surface area contributed by atoms with E-state index in [9.17, 15) is 5.11 Å². The number of hydrogen-bond donors (Lipinski definition) is 1. The number of benzene rings is 1. The van der Waals surface area contributed by atoms with Gasteiger partial charge in [-0.25, -0.2) is 0 Å². The molecule has 14 heavy (non-hydrogen) atoms. The van der Waals surface area contributed by atoms with Gasteiger partial charge in [-0.3, -0.25) is 0 Å². The van der Waals surface area contributed by atoms with Crippen molar-refractivity contribution in [3.63, 3.8) is 0 Å². The van der Waals surface area contributed by atoms with E-state index >= 15 is 0 Å². The molecule has 0 aliphatic carbocycles. The lowest BCUT2D eigenvalue weighted by atomic mass is 10.1. The van der Waals surface area contributed by atoms with Crippen LogP contribution in [-0.4, -0.2) is 12.2 Å². The first kappa shape index (κ1) is 10.2. The molecule has 2 aromatic rings. The molecule has 0 saturated heterocycles. The Morgan fingerprint density at radius 3 is 2.93 bits per heavy atom. The number of thiophene rings is 1. The third kappa shape index (κ3) is 1.51. The fraction of sp³-hybridized carbons (Fsp3) is 0.200. The van der Waals surface area contributed by atoms with Crippen molar-refractivity contribution in [2.24, 2.45) is 0 Å². The lowest BCUT2D eigenvalue weighted by molar-refractivity contribution is 0.283. The summed E-state index contributed by atoms with van der Waals surface area (Å²) in [4.78, 5) is 0. The Kier molecular flexibility index (Phi) is 2.94. The average Bonchev–Trinajstić information content (AvgIpc) is 2.60. The molecule has 2 rings (SSSR count). The number of halogens is 1. The van der Waals surface area contributed by atoms with Crippen LogP contribution in [0.25, 0.3) is 10.1 Å². The maximum atomic E-state index is 9.20. The van der Waals surface area contributed by atoms with Crippen molar-refractivity contribution in [2.75, 3.05) is 7.11 Å². The number of hydrogen-bond acceptors (Lipinski definition) is 3. The number of ether oxygens (including phenoxy) is 1. The Bertz CT molecular complexity index is 464. The smallest absolute Gasteiger partial charge is 0.136 e. The van der Waals surface area contributed by atoms with Crippen molar-refractivity contribution in [1.29, 1.82) is 0 Å². The molecule has 0 atom stereocenters. The zero-order valence-electron chi connectivity index (χ0n) is 7.58. The fourth-order valence-corrected chi connectivity index (χ4v) is 3.59. The lowest BCUT2D eigenvalue weighted by Gasteiger charge is -2.04. The van der Waals surface area contributed by atoms with E-state index in [0.717, 1.165) is 21.4 Å². The van der Waals surface area contributed by atoms with Gasteiger partial charge in [0.2, 0.25) is 0 Å². The van der Waals surface area contributed by atoms with E-state index in [1.807, 2.05) is 12.1 Å². The Hall–Kier alpha value is -0.330. The second-order valence-corrected chi connectivity index (χ2v) is 4.91. The molecule has 0 saturated carbocycles. The van der Waals surface area contributed by atoms with E-state index in [2.05, 4.69) is 28.0 Å². The number of methoxy groups -OCH3 is 1. The summed E-state index contributed by atoms with van der Waals surface area (Å²) in [5.74, 6) is 0.880. The lowest BCUT2D eigenvalue weighted by Crippen LogP contribution is -1.88. The largest absolute Gasteiger partial charge is 0.495 e. The minimum absolute atomic E-state index is 0.0766. The van der Waals surface area contributed by atoms with E-state index in [0.29, 0.717) is 0 Å². The predicted octanol–water partition coefficient (Wildman–Crippen LogP) is 3.01. The normalized spacial score (nSPS) is 10.8. The fourth-order valence-electron chi connectivity index (χ4n) is 1.45. The highest BCUT2D eigenvalue weighted by atomic mass is 127. The molecule has 2 nitrogen and oxygen atoms in total. The molecule has 0 amide bonds. The molecule has 0 spiro atoms. The van der Waals surface area contributed by atoms with Gasteiger partial charge in [0.25, 0.3) is 0 Å². The van der Waals surface area contributed by atoms with Gasteiger partial charge in [-0.05, 0) is 34.2 Å². The highest BCUT2D eigenvalue weighted by molar-refractivity contribution is 14.1. The van der Waals surface area contributed by atoms with Crippen LogP contribution in [0.15, 0.2) is 17.5 Å². The molecule has 0 radical (unpaired) electrons. The maximum absolute atomic E-state index is 9.20. The Morgan fingerprint density at radius 1 is 1.50 bits per heavy atom. The molecule has 1 N–H and O–H groups in total. The van der Waals surface area contributed by atoms with Gasteiger partial charge in [0, 0.05) is 14.3 Å². The summed E-state index contributed by atoms with van der Waals surface area (Å²) in [6.45, 7) is 0.0766. The Balaban J connectivity index is 2.81. The molecule has 1 heterocycles. The van der Waals surface area contributed by atoms with Gasteiger partial charge in [0.05, 0.1) is 18.4 Å². The van der Waals surface area contributed by atoms with Crippen LogP contribution in [0.2, 0.25) is 0 Å². The van der Waals surface area contributed by atoms with Gasteiger partial charge >= 0.3 is 0 Å². The molecular weight excluding hydrogens is 311 g/mol. The predicted molar refractivity (Wildman–Crippen MR) is 67.0 cm³/mol. The van der Waals surface area contributed by atoms with E-state index in [1.54, 1.807) is 18.4 Å². The third-order valence-corrected chi connectivity index (χ3v) is 4.39. The van der Waals surface area contributed by atoms with Crippen molar-refractivity contribution in [1.82, 2.24) is 0 Å². The van der Waals surface area contributed by atoms with Gasteiger partial charge in [-0.15, -0.1) is 11.3 Å². The topological polar surface area (TPSA) is 29.5 Å². The first-order valence-electron chi connectivity index (χ1n) is 4.11. The van der Waals surface area contributed by atoms with Gasteiger partial charge in [0.1, 0.15) is 5.75 Å². The minimum Gasteiger partial charge on any atom is -0.495 e. The van der Waals surface area contributed by atoms with Gasteiger partial charge < -0.3 is 9.84 Å². The summed E-state index contributed by atoms with van der Waals surface area (Å²) in [7, 11) is 1.67. The number of aliphatic hydroxyl groups is 1. The second-order valence-electron chi connectivity index (χ2n) is 2.87. The molecule has 0 fully saturated rings. The summed E-state index contributed by atoms with van der Waals surface area (Å²) >= 11 is 3.93. The molecule has 0 unspecified atom stereocenters. The minimum atomic E-state index is 0.0766. The first-order valence-corrected chi connectivity index (χ1v) is 6.07.